The molecule has 0 saturated heterocycles. The van der Waals surface area contributed by atoms with Crippen molar-refractivity contribution < 1.29 is 0 Å². The van der Waals surface area contributed by atoms with Gasteiger partial charge in [0.05, 0.1) is 0 Å². The van der Waals surface area contributed by atoms with Gasteiger partial charge < -0.3 is 4.90 Å². The van der Waals surface area contributed by atoms with E-state index in [1.165, 1.54) is 80.6 Å². The molecule has 5 aliphatic rings. The average Bonchev–Trinajstić information content (AvgIpc) is 3.78. The second-order valence-corrected chi connectivity index (χ2v) is 16.6. The van der Waals surface area contributed by atoms with Gasteiger partial charge in [0, 0.05) is 22.5 Å². The molecule has 1 spiro atoms. The fraction of sp³-hybridized carbons (Fsp3) is 0.170. The zero-order chi connectivity index (χ0) is 35.4. The molecule has 5 atom stereocenters. The minimum atomic E-state index is 0.200. The molecule has 4 fully saturated rings. The Morgan fingerprint density at radius 1 is 0.389 bits per heavy atom. The average molecular weight is 692 g/mol. The van der Waals surface area contributed by atoms with Gasteiger partial charge in [0.2, 0.25) is 0 Å². The van der Waals surface area contributed by atoms with Gasteiger partial charge in [0.1, 0.15) is 0 Å². The minimum absolute atomic E-state index is 0.200. The fourth-order valence-electron chi connectivity index (χ4n) is 11.9. The molecule has 0 aromatic heterocycles. The Bertz CT molecular complexity index is 2750. The van der Waals surface area contributed by atoms with Gasteiger partial charge >= 0.3 is 0 Å². The monoisotopic (exact) mass is 691 g/mol. The van der Waals surface area contributed by atoms with E-state index in [1.54, 1.807) is 11.1 Å². The van der Waals surface area contributed by atoms with Crippen LogP contribution in [0.25, 0.3) is 54.9 Å². The van der Waals surface area contributed by atoms with Gasteiger partial charge in [-0.05, 0) is 164 Å². The standard InChI is InChI=1S/C53H41N/c1-3-9-39-30-41(14-13-35(39)7-1)37-15-21-45(22-16-37)54(47-25-19-36-8-2-4-10-40(36)32-47)46-23-17-38(18-24-46)42-20-26-49-48-11-5-6-12-50(48)53(52(49)33-42)44-28-34-27-43(31-44)51(53)29-34/h1-26,30,32-34,43-44,51H,27-29,31H2. The highest BCUT2D eigenvalue weighted by Crippen LogP contribution is 2.73. The Morgan fingerprint density at radius 3 is 1.67 bits per heavy atom. The molecule has 8 aromatic carbocycles. The third-order valence-electron chi connectivity index (χ3n) is 14.0. The molecule has 54 heavy (non-hydrogen) atoms. The summed E-state index contributed by atoms with van der Waals surface area (Å²) in [6.45, 7) is 0. The second-order valence-electron chi connectivity index (χ2n) is 16.6. The fourth-order valence-corrected chi connectivity index (χ4v) is 11.9. The van der Waals surface area contributed by atoms with Crippen LogP contribution < -0.4 is 4.90 Å². The molecule has 5 aliphatic carbocycles. The molecule has 4 saturated carbocycles. The molecule has 258 valence electrons. The van der Waals surface area contributed by atoms with Crippen LogP contribution in [-0.2, 0) is 5.41 Å². The maximum atomic E-state index is 2.60. The first-order valence-corrected chi connectivity index (χ1v) is 19.9. The Balaban J connectivity index is 0.933. The first kappa shape index (κ1) is 30.5. The van der Waals surface area contributed by atoms with E-state index in [0.29, 0.717) is 0 Å². The van der Waals surface area contributed by atoms with Crippen LogP contribution in [0.3, 0.4) is 0 Å². The molecule has 0 aliphatic heterocycles. The van der Waals surface area contributed by atoms with Gasteiger partial charge in [-0.25, -0.2) is 0 Å². The zero-order valence-electron chi connectivity index (χ0n) is 30.3. The summed E-state index contributed by atoms with van der Waals surface area (Å²) < 4.78 is 0. The van der Waals surface area contributed by atoms with Crippen molar-refractivity contribution in [1.82, 2.24) is 0 Å². The lowest BCUT2D eigenvalue weighted by atomic mass is 9.59. The van der Waals surface area contributed by atoms with E-state index < -0.39 is 0 Å². The van der Waals surface area contributed by atoms with Crippen molar-refractivity contribution in [2.75, 3.05) is 4.90 Å². The van der Waals surface area contributed by atoms with Gasteiger partial charge in [-0.15, -0.1) is 0 Å². The topological polar surface area (TPSA) is 3.24 Å². The molecule has 5 unspecified atom stereocenters. The number of rotatable bonds is 5. The quantitative estimate of drug-likeness (QED) is 0.174. The summed E-state index contributed by atoms with van der Waals surface area (Å²) in [7, 11) is 0. The van der Waals surface area contributed by atoms with Gasteiger partial charge in [0.15, 0.2) is 0 Å². The summed E-state index contributed by atoms with van der Waals surface area (Å²) in [5, 5.41) is 5.03. The number of nitrogens with zero attached hydrogens (tertiary/aromatic N) is 1. The van der Waals surface area contributed by atoms with E-state index in [-0.39, 0.29) is 5.41 Å². The number of hydrogen-bond acceptors (Lipinski definition) is 1. The van der Waals surface area contributed by atoms with Crippen molar-refractivity contribution in [2.24, 2.45) is 23.7 Å². The Hall–Kier alpha value is -5.92. The highest BCUT2D eigenvalue weighted by Gasteiger charge is 2.65. The summed E-state index contributed by atoms with van der Waals surface area (Å²) in [6, 6.07) is 66.1. The first-order valence-electron chi connectivity index (χ1n) is 19.9. The first-order chi connectivity index (χ1) is 26.7. The maximum Gasteiger partial charge on any atom is 0.0468 e. The lowest BCUT2D eigenvalue weighted by molar-refractivity contribution is 0.191. The molecular weight excluding hydrogens is 651 g/mol. The van der Waals surface area contributed by atoms with Crippen LogP contribution in [0.4, 0.5) is 17.1 Å². The highest BCUT2D eigenvalue weighted by molar-refractivity contribution is 5.91. The third kappa shape index (κ3) is 4.39. The highest BCUT2D eigenvalue weighted by atomic mass is 15.1. The van der Waals surface area contributed by atoms with Crippen LogP contribution in [0, 0.1) is 23.7 Å². The van der Waals surface area contributed by atoms with Crippen molar-refractivity contribution in [2.45, 2.75) is 31.1 Å². The van der Waals surface area contributed by atoms with Gasteiger partial charge in [-0.1, -0.05) is 127 Å². The number of fused-ring (bicyclic) bond motifs is 5. The van der Waals surface area contributed by atoms with E-state index >= 15 is 0 Å². The summed E-state index contributed by atoms with van der Waals surface area (Å²) in [6.07, 6.45) is 5.71. The predicted molar refractivity (Wildman–Crippen MR) is 226 cm³/mol. The molecular formula is C53H41N. The van der Waals surface area contributed by atoms with E-state index in [4.69, 9.17) is 0 Å². The molecule has 4 bridgehead atoms. The predicted octanol–water partition coefficient (Wildman–Crippen LogP) is 14.1. The zero-order valence-corrected chi connectivity index (χ0v) is 30.3. The van der Waals surface area contributed by atoms with Crippen LogP contribution in [0.2, 0.25) is 0 Å². The van der Waals surface area contributed by atoms with Gasteiger partial charge in [-0.3, -0.25) is 0 Å². The van der Waals surface area contributed by atoms with Crippen LogP contribution in [-0.4, -0.2) is 0 Å². The van der Waals surface area contributed by atoms with Crippen LogP contribution >= 0.6 is 0 Å². The molecule has 0 N–H and O–H groups in total. The Labute approximate surface area is 317 Å². The molecule has 0 heterocycles. The normalized spacial score (nSPS) is 23.0. The summed E-state index contributed by atoms with van der Waals surface area (Å²) in [5.41, 5.74) is 14.9. The lowest BCUT2D eigenvalue weighted by Crippen LogP contribution is -2.40. The van der Waals surface area contributed by atoms with Crippen LogP contribution in [0.5, 0.6) is 0 Å². The number of benzene rings is 8. The molecule has 0 radical (unpaired) electrons. The van der Waals surface area contributed by atoms with E-state index in [1.807, 2.05) is 0 Å². The van der Waals surface area contributed by atoms with Crippen molar-refractivity contribution in [1.29, 1.82) is 0 Å². The van der Waals surface area contributed by atoms with Crippen LogP contribution in [0.15, 0.2) is 176 Å². The second kappa shape index (κ2) is 11.5. The molecule has 13 rings (SSSR count). The SMILES string of the molecule is c1ccc2c(c1)-c1ccc(-c3ccc(N(c4ccc(-c5ccc6ccccc6c5)cc4)c4ccc5ccccc5c4)cc3)cc1C21C2CC3CC(C2)C1C3. The van der Waals surface area contributed by atoms with Crippen molar-refractivity contribution >= 4 is 38.6 Å². The van der Waals surface area contributed by atoms with Crippen molar-refractivity contribution in [3.05, 3.63) is 187 Å². The Morgan fingerprint density at radius 2 is 0.944 bits per heavy atom. The minimum Gasteiger partial charge on any atom is -0.310 e. The lowest BCUT2D eigenvalue weighted by Gasteiger charge is -2.44. The number of anilines is 3. The largest absolute Gasteiger partial charge is 0.310 e. The van der Waals surface area contributed by atoms with Gasteiger partial charge in [0.25, 0.3) is 0 Å². The molecule has 8 aromatic rings. The van der Waals surface area contributed by atoms with E-state index in [2.05, 4.69) is 181 Å². The van der Waals surface area contributed by atoms with E-state index in [0.717, 1.165) is 40.7 Å². The van der Waals surface area contributed by atoms with Gasteiger partial charge in [-0.2, -0.15) is 0 Å². The summed E-state index contributed by atoms with van der Waals surface area (Å²) in [5.74, 6) is 3.43. The summed E-state index contributed by atoms with van der Waals surface area (Å²) >= 11 is 0. The molecule has 1 nitrogen and oxygen atoms in total. The smallest absolute Gasteiger partial charge is 0.0468 e. The van der Waals surface area contributed by atoms with Crippen molar-refractivity contribution in [3.63, 3.8) is 0 Å². The maximum absolute atomic E-state index is 2.60. The molecule has 0 amide bonds. The van der Waals surface area contributed by atoms with Crippen molar-refractivity contribution in [3.8, 4) is 33.4 Å². The number of hydrogen-bond donors (Lipinski definition) is 0. The van der Waals surface area contributed by atoms with Crippen LogP contribution in [0.1, 0.15) is 36.8 Å². The van der Waals surface area contributed by atoms with E-state index in [9.17, 15) is 0 Å². The third-order valence-corrected chi connectivity index (χ3v) is 14.0. The molecule has 1 heteroatoms. The summed E-state index contributed by atoms with van der Waals surface area (Å²) in [4.78, 5) is 2.40. The Kier molecular flexibility index (Phi) is 6.52.